The Kier molecular flexibility index (Phi) is 7.14. The summed E-state index contributed by atoms with van der Waals surface area (Å²) in [5.74, 6) is 0. The number of benzene rings is 2. The van der Waals surface area contributed by atoms with Crippen molar-refractivity contribution in [1.82, 2.24) is 9.88 Å². The molecule has 2 amide bonds. The van der Waals surface area contributed by atoms with E-state index in [1.54, 1.807) is 42.5 Å². The van der Waals surface area contributed by atoms with Crippen molar-refractivity contribution < 1.29 is 23.1 Å². The normalized spacial score (nSPS) is 12.3. The van der Waals surface area contributed by atoms with Crippen LogP contribution in [0.2, 0.25) is 5.15 Å². The highest BCUT2D eigenvalue weighted by Gasteiger charge is 2.35. The Hall–Kier alpha value is -3.10. The quantitative estimate of drug-likeness (QED) is 0.487. The van der Waals surface area contributed by atoms with Gasteiger partial charge < -0.3 is 15.3 Å². The molecular formula is C22H19ClF3N3O2. The van der Waals surface area contributed by atoms with Crippen molar-refractivity contribution in [1.29, 1.82) is 0 Å². The zero-order chi connectivity index (χ0) is 22.4. The number of hydrogen-bond donors (Lipinski definition) is 2. The van der Waals surface area contributed by atoms with Gasteiger partial charge in [0.05, 0.1) is 23.9 Å². The molecule has 3 aromatic rings. The number of hydrogen-bond acceptors (Lipinski definition) is 3. The molecule has 0 aliphatic heterocycles. The van der Waals surface area contributed by atoms with Crippen LogP contribution in [0.5, 0.6) is 0 Å². The molecule has 1 aromatic heterocycles. The van der Waals surface area contributed by atoms with Crippen LogP contribution in [-0.4, -0.2) is 27.6 Å². The highest BCUT2D eigenvalue weighted by Crippen LogP contribution is 2.35. The van der Waals surface area contributed by atoms with E-state index in [-0.39, 0.29) is 29.5 Å². The number of urea groups is 1. The summed E-state index contributed by atoms with van der Waals surface area (Å²) >= 11 is 5.99. The first kappa shape index (κ1) is 22.6. The van der Waals surface area contributed by atoms with E-state index in [2.05, 4.69) is 10.3 Å². The van der Waals surface area contributed by atoms with Crippen LogP contribution in [0, 0.1) is 0 Å². The molecule has 0 saturated heterocycles. The first-order chi connectivity index (χ1) is 14.8. The molecular weight excluding hydrogens is 431 g/mol. The zero-order valence-corrected chi connectivity index (χ0v) is 16.9. The third kappa shape index (κ3) is 5.96. The Morgan fingerprint density at radius 3 is 2.42 bits per heavy atom. The first-order valence-corrected chi connectivity index (χ1v) is 9.68. The lowest BCUT2D eigenvalue weighted by atomic mass is 10.0. The summed E-state index contributed by atoms with van der Waals surface area (Å²) in [6.07, 6.45) is -4.73. The van der Waals surface area contributed by atoms with Crippen molar-refractivity contribution in [3.05, 3.63) is 94.8 Å². The van der Waals surface area contributed by atoms with Crippen LogP contribution in [-0.2, 0) is 12.7 Å². The Morgan fingerprint density at radius 1 is 1.06 bits per heavy atom. The smallest absolute Gasteiger partial charge is 0.387 e. The number of halogens is 4. The van der Waals surface area contributed by atoms with Gasteiger partial charge in [-0.05, 0) is 29.3 Å². The third-order valence-electron chi connectivity index (χ3n) is 4.52. The largest absolute Gasteiger partial charge is 0.416 e. The monoisotopic (exact) mass is 449 g/mol. The van der Waals surface area contributed by atoms with Gasteiger partial charge in [-0.2, -0.15) is 13.2 Å². The number of nitrogens with one attached hydrogen (secondary N) is 1. The number of aliphatic hydroxyl groups excluding tert-OH is 1. The Labute approximate surface area is 182 Å². The molecule has 0 spiro atoms. The van der Waals surface area contributed by atoms with Gasteiger partial charge in [0.25, 0.3) is 0 Å². The predicted molar refractivity (Wildman–Crippen MR) is 112 cm³/mol. The van der Waals surface area contributed by atoms with Gasteiger partial charge in [0, 0.05) is 12.7 Å². The van der Waals surface area contributed by atoms with Crippen molar-refractivity contribution in [3.63, 3.8) is 0 Å². The van der Waals surface area contributed by atoms with Gasteiger partial charge in [-0.25, -0.2) is 9.78 Å². The van der Waals surface area contributed by atoms with Crippen molar-refractivity contribution in [2.45, 2.75) is 18.8 Å². The van der Waals surface area contributed by atoms with Crippen LogP contribution in [0.15, 0.2) is 72.9 Å². The lowest BCUT2D eigenvalue weighted by Crippen LogP contribution is -2.38. The summed E-state index contributed by atoms with van der Waals surface area (Å²) in [4.78, 5) is 18.0. The molecule has 0 aliphatic carbocycles. The average Bonchev–Trinajstić information content (AvgIpc) is 2.75. The number of anilines is 1. The summed E-state index contributed by atoms with van der Waals surface area (Å²) in [6, 6.07) is 16.1. The zero-order valence-electron chi connectivity index (χ0n) is 16.2. The van der Waals surface area contributed by atoms with E-state index in [1.165, 1.54) is 29.3 Å². The number of aromatic nitrogens is 1. The standard InChI is InChI=1S/C22H19ClF3N3O2/c23-20-18(11-6-12-27-20)28-21(31)29(13-15-7-2-1-3-8-15)14-19(30)16-9-4-5-10-17(16)22(24,25)26/h1-12,19,30H,13-14H2,(H,28,31)/t19-/m1/s1. The van der Waals surface area contributed by atoms with Crippen LogP contribution < -0.4 is 5.32 Å². The number of aliphatic hydroxyl groups is 1. The van der Waals surface area contributed by atoms with Crippen molar-refractivity contribution in [3.8, 4) is 0 Å². The van der Waals surface area contributed by atoms with E-state index in [9.17, 15) is 23.1 Å². The second-order valence-corrected chi connectivity index (χ2v) is 7.10. The maximum atomic E-state index is 13.4. The number of carbonyl (C=O) groups excluding carboxylic acids is 1. The number of carbonyl (C=O) groups is 1. The van der Waals surface area contributed by atoms with Gasteiger partial charge in [0.1, 0.15) is 0 Å². The SMILES string of the molecule is O=C(Nc1cccnc1Cl)N(Cc1ccccc1)C[C@@H](O)c1ccccc1C(F)(F)F. The minimum Gasteiger partial charge on any atom is -0.387 e. The highest BCUT2D eigenvalue weighted by atomic mass is 35.5. The van der Waals surface area contributed by atoms with Crippen LogP contribution in [0.3, 0.4) is 0 Å². The average molecular weight is 450 g/mol. The molecule has 2 N–H and O–H groups in total. The van der Waals surface area contributed by atoms with E-state index >= 15 is 0 Å². The van der Waals surface area contributed by atoms with Gasteiger partial charge in [-0.3, -0.25) is 0 Å². The molecule has 0 saturated carbocycles. The molecule has 9 heteroatoms. The fraction of sp³-hybridized carbons (Fsp3) is 0.182. The topological polar surface area (TPSA) is 65.5 Å². The first-order valence-electron chi connectivity index (χ1n) is 9.30. The molecule has 3 rings (SSSR count). The van der Waals surface area contributed by atoms with E-state index in [4.69, 9.17) is 11.6 Å². The van der Waals surface area contributed by atoms with Crippen LogP contribution >= 0.6 is 11.6 Å². The summed E-state index contributed by atoms with van der Waals surface area (Å²) in [7, 11) is 0. The lowest BCUT2D eigenvalue weighted by molar-refractivity contribution is -0.139. The fourth-order valence-corrected chi connectivity index (χ4v) is 3.22. The van der Waals surface area contributed by atoms with E-state index in [0.717, 1.165) is 11.6 Å². The number of pyridine rings is 1. The summed E-state index contributed by atoms with van der Waals surface area (Å²) < 4.78 is 40.1. The van der Waals surface area contributed by atoms with Gasteiger partial charge in [0.15, 0.2) is 5.15 Å². The summed E-state index contributed by atoms with van der Waals surface area (Å²) in [6.45, 7) is -0.304. The summed E-state index contributed by atoms with van der Waals surface area (Å²) in [5, 5.41) is 13.3. The number of rotatable bonds is 6. The number of nitrogens with zero attached hydrogens (tertiary/aromatic N) is 2. The molecule has 0 unspecified atom stereocenters. The Bertz CT molecular complexity index is 1030. The van der Waals surface area contributed by atoms with Crippen LogP contribution in [0.4, 0.5) is 23.7 Å². The maximum Gasteiger partial charge on any atom is 0.416 e. The number of amides is 2. The molecule has 162 valence electrons. The molecule has 2 aromatic carbocycles. The van der Waals surface area contributed by atoms with Gasteiger partial charge >= 0.3 is 12.2 Å². The lowest BCUT2D eigenvalue weighted by Gasteiger charge is -2.27. The Morgan fingerprint density at radius 2 is 1.74 bits per heavy atom. The molecule has 5 nitrogen and oxygen atoms in total. The molecule has 0 fully saturated rings. The second kappa shape index (κ2) is 9.80. The van der Waals surface area contributed by atoms with Crippen molar-refractivity contribution >= 4 is 23.3 Å². The van der Waals surface area contributed by atoms with E-state index < -0.39 is 23.9 Å². The molecule has 0 aliphatic rings. The minimum absolute atomic E-state index is 0.0653. The Balaban J connectivity index is 1.86. The summed E-state index contributed by atoms with van der Waals surface area (Å²) in [5.41, 5.74) is -0.262. The molecule has 0 radical (unpaired) electrons. The minimum atomic E-state index is -4.63. The van der Waals surface area contributed by atoms with Gasteiger partial charge in [-0.15, -0.1) is 0 Å². The number of alkyl halides is 3. The van der Waals surface area contributed by atoms with Gasteiger partial charge in [-0.1, -0.05) is 60.1 Å². The predicted octanol–water partition coefficient (Wildman–Crippen LogP) is 5.52. The molecule has 31 heavy (non-hydrogen) atoms. The van der Waals surface area contributed by atoms with E-state index in [1.807, 2.05) is 0 Å². The van der Waals surface area contributed by atoms with Crippen LogP contribution in [0.25, 0.3) is 0 Å². The molecule has 1 heterocycles. The van der Waals surface area contributed by atoms with Crippen LogP contribution in [0.1, 0.15) is 22.8 Å². The molecule has 1 atom stereocenters. The van der Waals surface area contributed by atoms with Gasteiger partial charge in [0.2, 0.25) is 0 Å². The second-order valence-electron chi connectivity index (χ2n) is 6.74. The fourth-order valence-electron chi connectivity index (χ4n) is 3.05. The van der Waals surface area contributed by atoms with Crippen molar-refractivity contribution in [2.24, 2.45) is 0 Å². The molecule has 0 bridgehead atoms. The highest BCUT2D eigenvalue weighted by molar-refractivity contribution is 6.32. The van der Waals surface area contributed by atoms with Crippen molar-refractivity contribution in [2.75, 3.05) is 11.9 Å². The third-order valence-corrected chi connectivity index (χ3v) is 4.82. The van der Waals surface area contributed by atoms with E-state index in [0.29, 0.717) is 0 Å². The maximum absolute atomic E-state index is 13.4.